The van der Waals surface area contributed by atoms with Crippen LogP contribution in [0.4, 0.5) is 5.69 Å². The van der Waals surface area contributed by atoms with Gasteiger partial charge in [-0.2, -0.15) is 0 Å². The summed E-state index contributed by atoms with van der Waals surface area (Å²) in [6.07, 6.45) is 0. The molecule has 0 amide bonds. The molecule has 5 aromatic rings. The van der Waals surface area contributed by atoms with Crippen molar-refractivity contribution in [2.24, 2.45) is 0 Å². The van der Waals surface area contributed by atoms with Gasteiger partial charge >= 0.3 is 0 Å². The predicted octanol–water partition coefficient (Wildman–Crippen LogP) is 8.46. The summed E-state index contributed by atoms with van der Waals surface area (Å²) in [6.45, 7) is 12.9. The molecule has 0 aliphatic carbocycles. The van der Waals surface area contributed by atoms with Gasteiger partial charge in [0.05, 0.1) is 0 Å². The van der Waals surface area contributed by atoms with Crippen molar-refractivity contribution in [1.82, 2.24) is 15.0 Å². The molecule has 0 radical (unpaired) electrons. The zero-order valence-electron chi connectivity index (χ0n) is 24.2. The zero-order chi connectivity index (χ0) is 27.8. The van der Waals surface area contributed by atoms with Gasteiger partial charge in [-0.25, -0.2) is 15.0 Å². The van der Waals surface area contributed by atoms with E-state index in [-0.39, 0.29) is 0 Å². The van der Waals surface area contributed by atoms with E-state index >= 15 is 0 Å². The Labute approximate surface area is 232 Å². The van der Waals surface area contributed by atoms with E-state index in [0.717, 1.165) is 22.3 Å². The Morgan fingerprint density at radius 2 is 1.00 bits per heavy atom. The fourth-order valence-electron chi connectivity index (χ4n) is 5.75. The number of benzene rings is 4. The topological polar surface area (TPSA) is 41.9 Å². The molecule has 0 atom stereocenters. The van der Waals surface area contributed by atoms with Crippen molar-refractivity contribution < 1.29 is 0 Å². The molecule has 5 rings (SSSR count). The van der Waals surface area contributed by atoms with E-state index in [2.05, 4.69) is 115 Å². The van der Waals surface area contributed by atoms with Crippen LogP contribution >= 0.6 is 0 Å². The molecule has 1 heterocycles. The van der Waals surface area contributed by atoms with Gasteiger partial charge in [0.2, 0.25) is 0 Å². The van der Waals surface area contributed by atoms with Crippen LogP contribution in [0.3, 0.4) is 0 Å². The zero-order valence-corrected chi connectivity index (χ0v) is 24.2. The number of aromatic nitrogens is 3. The second-order valence-electron chi connectivity index (χ2n) is 10.8. The van der Waals surface area contributed by atoms with Crippen LogP contribution < -0.4 is 4.90 Å². The SMILES string of the molecule is Cc1cc(C)c(-c2nc(-c3ccccc3)nc(-c3c(C)cc(C)c(-c4ccc(N(C)C)cc4)c3C)n2)c(C)c1. The first-order chi connectivity index (χ1) is 18.6. The molecule has 1 aromatic heterocycles. The van der Waals surface area contributed by atoms with Gasteiger partial charge in [0, 0.05) is 36.5 Å². The van der Waals surface area contributed by atoms with E-state index in [0.29, 0.717) is 17.5 Å². The monoisotopic (exact) mass is 512 g/mol. The third-order valence-electron chi connectivity index (χ3n) is 7.44. The summed E-state index contributed by atoms with van der Waals surface area (Å²) in [4.78, 5) is 17.3. The molecule has 4 aromatic carbocycles. The summed E-state index contributed by atoms with van der Waals surface area (Å²) in [5.74, 6) is 2.11. The van der Waals surface area contributed by atoms with Crippen molar-refractivity contribution in [2.75, 3.05) is 19.0 Å². The van der Waals surface area contributed by atoms with Crippen LogP contribution in [-0.4, -0.2) is 29.0 Å². The number of nitrogens with zero attached hydrogens (tertiary/aromatic N) is 4. The van der Waals surface area contributed by atoms with Crippen LogP contribution in [0.2, 0.25) is 0 Å². The van der Waals surface area contributed by atoms with Crippen molar-refractivity contribution in [1.29, 1.82) is 0 Å². The van der Waals surface area contributed by atoms with Gasteiger partial charge in [0.15, 0.2) is 17.5 Å². The molecule has 0 N–H and O–H groups in total. The van der Waals surface area contributed by atoms with Crippen molar-refractivity contribution in [3.05, 3.63) is 106 Å². The van der Waals surface area contributed by atoms with Crippen molar-refractivity contribution in [3.63, 3.8) is 0 Å². The Morgan fingerprint density at radius 1 is 0.487 bits per heavy atom. The summed E-state index contributed by atoms with van der Waals surface area (Å²) >= 11 is 0. The minimum atomic E-state index is 0.686. The Kier molecular flexibility index (Phi) is 7.05. The van der Waals surface area contributed by atoms with Crippen LogP contribution in [-0.2, 0) is 0 Å². The Bertz CT molecular complexity index is 1640. The van der Waals surface area contributed by atoms with E-state index in [9.17, 15) is 0 Å². The van der Waals surface area contributed by atoms with Gasteiger partial charge in [0.1, 0.15) is 0 Å². The molecular weight excluding hydrogens is 476 g/mol. The lowest BCUT2D eigenvalue weighted by molar-refractivity contribution is 1.06. The first-order valence-corrected chi connectivity index (χ1v) is 13.4. The van der Waals surface area contributed by atoms with E-state index in [1.165, 1.54) is 44.6 Å². The molecule has 4 nitrogen and oxygen atoms in total. The van der Waals surface area contributed by atoms with Crippen LogP contribution in [0, 0.1) is 41.5 Å². The summed E-state index contributed by atoms with van der Waals surface area (Å²) < 4.78 is 0. The molecule has 39 heavy (non-hydrogen) atoms. The lowest BCUT2D eigenvalue weighted by atomic mass is 9.89. The molecule has 196 valence electrons. The smallest absolute Gasteiger partial charge is 0.164 e. The minimum absolute atomic E-state index is 0.686. The van der Waals surface area contributed by atoms with E-state index < -0.39 is 0 Å². The maximum atomic E-state index is 5.15. The van der Waals surface area contributed by atoms with E-state index in [1.807, 2.05) is 18.2 Å². The summed E-state index contributed by atoms with van der Waals surface area (Å²) in [7, 11) is 4.13. The van der Waals surface area contributed by atoms with Crippen molar-refractivity contribution >= 4 is 5.69 Å². The Balaban J connectivity index is 1.77. The fourth-order valence-corrected chi connectivity index (χ4v) is 5.75. The third kappa shape index (κ3) is 5.07. The van der Waals surface area contributed by atoms with Crippen LogP contribution in [0.5, 0.6) is 0 Å². The normalized spacial score (nSPS) is 11.1. The molecule has 0 aliphatic heterocycles. The maximum Gasteiger partial charge on any atom is 0.164 e. The average Bonchev–Trinajstić information content (AvgIpc) is 2.88. The summed E-state index contributed by atoms with van der Waals surface area (Å²) in [5.41, 5.74) is 13.9. The number of aryl methyl sites for hydroxylation is 5. The molecular formula is C35H36N4. The van der Waals surface area contributed by atoms with Gasteiger partial charge in [-0.05, 0) is 92.6 Å². The molecule has 0 aliphatic rings. The molecule has 0 saturated heterocycles. The van der Waals surface area contributed by atoms with Crippen LogP contribution in [0.1, 0.15) is 33.4 Å². The predicted molar refractivity (Wildman–Crippen MR) is 164 cm³/mol. The highest BCUT2D eigenvalue weighted by Gasteiger charge is 2.20. The van der Waals surface area contributed by atoms with Crippen LogP contribution in [0.25, 0.3) is 45.3 Å². The Hall–Kier alpha value is -4.31. The van der Waals surface area contributed by atoms with Crippen LogP contribution in [0.15, 0.2) is 72.8 Å². The lowest BCUT2D eigenvalue weighted by Crippen LogP contribution is -2.08. The summed E-state index contributed by atoms with van der Waals surface area (Å²) in [6, 6.07) is 25.6. The second kappa shape index (κ2) is 10.5. The highest BCUT2D eigenvalue weighted by molar-refractivity contribution is 5.82. The van der Waals surface area contributed by atoms with E-state index in [4.69, 9.17) is 15.0 Å². The molecule has 4 heteroatoms. The molecule has 0 spiro atoms. The first-order valence-electron chi connectivity index (χ1n) is 13.4. The van der Waals surface area contributed by atoms with Gasteiger partial charge in [-0.3, -0.25) is 0 Å². The molecule has 0 bridgehead atoms. The number of hydrogen-bond acceptors (Lipinski definition) is 4. The first kappa shape index (κ1) is 26.3. The Morgan fingerprint density at radius 3 is 1.59 bits per heavy atom. The van der Waals surface area contributed by atoms with Gasteiger partial charge in [-0.15, -0.1) is 0 Å². The quantitative estimate of drug-likeness (QED) is 0.237. The van der Waals surface area contributed by atoms with Crippen molar-refractivity contribution in [3.8, 4) is 45.3 Å². The van der Waals surface area contributed by atoms with Gasteiger partial charge < -0.3 is 4.90 Å². The molecule has 0 saturated carbocycles. The van der Waals surface area contributed by atoms with Crippen molar-refractivity contribution in [2.45, 2.75) is 41.5 Å². The lowest BCUT2D eigenvalue weighted by Gasteiger charge is -2.19. The summed E-state index contributed by atoms with van der Waals surface area (Å²) in [5, 5.41) is 0. The van der Waals surface area contributed by atoms with E-state index in [1.54, 1.807) is 0 Å². The number of anilines is 1. The second-order valence-corrected chi connectivity index (χ2v) is 10.8. The standard InChI is InChI=1S/C35H36N4/c1-21-18-22(2)30(23(3)19-21)34-36-33(28-12-10-9-11-13-28)37-35(38-34)32-25(5)20-24(4)31(26(32)6)27-14-16-29(17-15-27)39(7)8/h9-20H,1-8H3. The largest absolute Gasteiger partial charge is 0.378 e. The minimum Gasteiger partial charge on any atom is -0.378 e. The van der Waals surface area contributed by atoms with Gasteiger partial charge in [-0.1, -0.05) is 66.2 Å². The molecule has 0 unspecified atom stereocenters. The number of hydrogen-bond donors (Lipinski definition) is 0. The highest BCUT2D eigenvalue weighted by Crippen LogP contribution is 2.38. The number of rotatable bonds is 5. The van der Waals surface area contributed by atoms with Gasteiger partial charge in [0.25, 0.3) is 0 Å². The average molecular weight is 513 g/mol. The molecule has 0 fully saturated rings. The third-order valence-corrected chi connectivity index (χ3v) is 7.44. The highest BCUT2D eigenvalue weighted by atomic mass is 15.1. The maximum absolute atomic E-state index is 5.15. The fraction of sp³-hybridized carbons (Fsp3) is 0.229.